The first-order valence-corrected chi connectivity index (χ1v) is 11.9. The van der Waals surface area contributed by atoms with Crippen molar-refractivity contribution in [2.75, 3.05) is 20.3 Å². The molecule has 0 saturated carbocycles. The third-order valence-corrected chi connectivity index (χ3v) is 5.73. The van der Waals surface area contributed by atoms with Crippen LogP contribution in [0.3, 0.4) is 0 Å². The summed E-state index contributed by atoms with van der Waals surface area (Å²) in [5.41, 5.74) is 3.78. The topological polar surface area (TPSA) is 65.4 Å². The Hall–Kier alpha value is -4.06. The van der Waals surface area contributed by atoms with Gasteiger partial charge in [-0.25, -0.2) is 4.98 Å². The van der Waals surface area contributed by atoms with Crippen LogP contribution in [0.1, 0.15) is 35.1 Å². The van der Waals surface area contributed by atoms with Crippen LogP contribution in [-0.2, 0) is 13.0 Å². The molecule has 6 heteroatoms. The number of methoxy groups -OCH3 is 1. The van der Waals surface area contributed by atoms with E-state index in [0.717, 1.165) is 46.9 Å². The summed E-state index contributed by atoms with van der Waals surface area (Å²) in [7, 11) is 1.65. The van der Waals surface area contributed by atoms with Crippen molar-refractivity contribution < 1.29 is 14.3 Å². The van der Waals surface area contributed by atoms with Gasteiger partial charge in [-0.1, -0.05) is 48.6 Å². The third-order valence-electron chi connectivity index (χ3n) is 5.73. The van der Waals surface area contributed by atoms with Crippen LogP contribution < -0.4 is 14.8 Å². The van der Waals surface area contributed by atoms with Crippen molar-refractivity contribution in [2.24, 2.45) is 0 Å². The van der Waals surface area contributed by atoms with E-state index in [1.165, 1.54) is 0 Å². The molecule has 0 aliphatic heterocycles. The summed E-state index contributed by atoms with van der Waals surface area (Å²) >= 11 is 0. The molecule has 1 heterocycles. The molecule has 0 aliphatic carbocycles. The van der Waals surface area contributed by atoms with Crippen molar-refractivity contribution in [3.05, 3.63) is 95.8 Å². The van der Waals surface area contributed by atoms with Crippen LogP contribution in [-0.4, -0.2) is 35.7 Å². The second-order valence-electron chi connectivity index (χ2n) is 8.15. The zero-order valence-electron chi connectivity index (χ0n) is 20.2. The van der Waals surface area contributed by atoms with E-state index in [1.807, 2.05) is 85.8 Å². The Morgan fingerprint density at radius 2 is 1.83 bits per heavy atom. The molecule has 180 valence electrons. The van der Waals surface area contributed by atoms with E-state index < -0.39 is 0 Å². The number of para-hydroxylation sites is 2. The summed E-state index contributed by atoms with van der Waals surface area (Å²) in [6.45, 7) is 3.82. The van der Waals surface area contributed by atoms with Crippen molar-refractivity contribution in [2.45, 2.75) is 26.3 Å². The first-order chi connectivity index (χ1) is 17.2. The number of ether oxygens (including phenoxy) is 2. The number of hydrogen-bond acceptors (Lipinski definition) is 4. The fourth-order valence-electron chi connectivity index (χ4n) is 4.05. The number of carbonyl (C=O) groups excluding carboxylic acids is 1. The molecule has 4 aromatic rings. The minimum Gasteiger partial charge on any atom is -0.493 e. The van der Waals surface area contributed by atoms with Crippen LogP contribution in [0.2, 0.25) is 0 Å². The maximum absolute atomic E-state index is 12.4. The largest absolute Gasteiger partial charge is 0.493 e. The minimum atomic E-state index is -0.0731. The van der Waals surface area contributed by atoms with Gasteiger partial charge in [0, 0.05) is 25.1 Å². The molecule has 0 saturated heterocycles. The summed E-state index contributed by atoms with van der Waals surface area (Å²) in [4.78, 5) is 17.2. The number of amides is 1. The first kappa shape index (κ1) is 24.1. The number of imidazole rings is 1. The predicted molar refractivity (Wildman–Crippen MR) is 140 cm³/mol. The van der Waals surface area contributed by atoms with E-state index >= 15 is 0 Å². The highest BCUT2D eigenvalue weighted by molar-refractivity contribution is 5.94. The molecule has 35 heavy (non-hydrogen) atoms. The third kappa shape index (κ3) is 6.09. The summed E-state index contributed by atoms with van der Waals surface area (Å²) in [5.74, 6) is 2.34. The molecular formula is C29H31N3O3. The van der Waals surface area contributed by atoms with Crippen LogP contribution in [0.15, 0.2) is 78.9 Å². The minimum absolute atomic E-state index is 0.0731. The van der Waals surface area contributed by atoms with Gasteiger partial charge in [0.25, 0.3) is 5.91 Å². The Morgan fingerprint density at radius 3 is 2.63 bits per heavy atom. The fraction of sp³-hybridized carbons (Fsp3) is 0.241. The molecule has 0 atom stereocenters. The number of nitrogens with one attached hydrogen (secondary N) is 1. The molecule has 4 rings (SSSR count). The zero-order valence-corrected chi connectivity index (χ0v) is 20.2. The number of aromatic nitrogens is 2. The lowest BCUT2D eigenvalue weighted by molar-refractivity contribution is 0.0954. The van der Waals surface area contributed by atoms with Gasteiger partial charge in [-0.15, -0.1) is 0 Å². The van der Waals surface area contributed by atoms with Crippen molar-refractivity contribution in [1.29, 1.82) is 0 Å². The molecular weight excluding hydrogens is 438 g/mol. The second kappa shape index (κ2) is 11.9. The quantitative estimate of drug-likeness (QED) is 0.294. The maximum atomic E-state index is 12.4. The molecule has 6 nitrogen and oxygen atoms in total. The number of nitrogens with zero attached hydrogens (tertiary/aromatic N) is 2. The molecule has 0 fully saturated rings. The van der Waals surface area contributed by atoms with Gasteiger partial charge < -0.3 is 19.4 Å². The Bertz CT molecular complexity index is 1300. The number of benzene rings is 3. The van der Waals surface area contributed by atoms with Gasteiger partial charge in [0.2, 0.25) is 0 Å². The highest BCUT2D eigenvalue weighted by Crippen LogP contribution is 2.29. The average molecular weight is 470 g/mol. The van der Waals surface area contributed by atoms with Gasteiger partial charge >= 0.3 is 0 Å². The Balaban J connectivity index is 1.38. The number of carbonyl (C=O) groups is 1. The molecule has 0 bridgehead atoms. The van der Waals surface area contributed by atoms with Crippen molar-refractivity contribution >= 4 is 23.0 Å². The Kier molecular flexibility index (Phi) is 8.17. The van der Waals surface area contributed by atoms with Crippen molar-refractivity contribution in [3.63, 3.8) is 0 Å². The normalized spacial score (nSPS) is 11.1. The van der Waals surface area contributed by atoms with E-state index in [1.54, 1.807) is 7.11 Å². The average Bonchev–Trinajstić information content (AvgIpc) is 3.25. The summed E-state index contributed by atoms with van der Waals surface area (Å²) in [5, 5.41) is 3.00. The zero-order chi connectivity index (χ0) is 24.5. The van der Waals surface area contributed by atoms with Gasteiger partial charge in [0.05, 0.1) is 24.8 Å². The van der Waals surface area contributed by atoms with Gasteiger partial charge in [0.15, 0.2) is 11.5 Å². The summed E-state index contributed by atoms with van der Waals surface area (Å²) in [6, 6.07) is 23.3. The first-order valence-electron chi connectivity index (χ1n) is 11.9. The van der Waals surface area contributed by atoms with Gasteiger partial charge in [-0.2, -0.15) is 0 Å². The Labute approximate surface area is 206 Å². The van der Waals surface area contributed by atoms with E-state index in [0.29, 0.717) is 25.1 Å². The monoisotopic (exact) mass is 469 g/mol. The molecule has 1 amide bonds. The van der Waals surface area contributed by atoms with E-state index in [9.17, 15) is 4.79 Å². The number of fused-ring (bicyclic) bond motifs is 1. The van der Waals surface area contributed by atoms with Crippen LogP contribution in [0, 0.1) is 0 Å². The highest BCUT2D eigenvalue weighted by atomic mass is 16.5. The van der Waals surface area contributed by atoms with E-state index in [4.69, 9.17) is 14.5 Å². The Morgan fingerprint density at radius 1 is 1.03 bits per heavy atom. The standard InChI is InChI=1S/C29H31N3O3/c1-3-10-22-15-16-26(27(21-22)34-2)35-20-9-19-32-25-14-8-7-13-24(25)31-28(32)17-18-30-29(33)23-11-5-4-6-12-23/h3-8,10-16,21H,9,17-20H2,1-2H3,(H,30,33)/b10-3+. The smallest absolute Gasteiger partial charge is 0.251 e. The summed E-state index contributed by atoms with van der Waals surface area (Å²) in [6.07, 6.45) is 5.48. The molecule has 0 unspecified atom stereocenters. The molecule has 0 spiro atoms. The van der Waals surface area contributed by atoms with Crippen LogP contribution >= 0.6 is 0 Å². The van der Waals surface area contributed by atoms with Crippen molar-refractivity contribution in [3.8, 4) is 11.5 Å². The van der Waals surface area contributed by atoms with Gasteiger partial charge in [-0.3, -0.25) is 4.79 Å². The molecule has 0 radical (unpaired) electrons. The maximum Gasteiger partial charge on any atom is 0.251 e. The lowest BCUT2D eigenvalue weighted by atomic mass is 10.2. The van der Waals surface area contributed by atoms with E-state index in [2.05, 4.69) is 16.0 Å². The van der Waals surface area contributed by atoms with Crippen LogP contribution in [0.5, 0.6) is 11.5 Å². The number of aryl methyl sites for hydroxylation is 1. The highest BCUT2D eigenvalue weighted by Gasteiger charge is 2.12. The fourth-order valence-corrected chi connectivity index (χ4v) is 4.05. The molecule has 0 aliphatic rings. The van der Waals surface area contributed by atoms with Crippen LogP contribution in [0.4, 0.5) is 0 Å². The lowest BCUT2D eigenvalue weighted by Gasteiger charge is -2.13. The second-order valence-corrected chi connectivity index (χ2v) is 8.15. The van der Waals surface area contributed by atoms with Gasteiger partial charge in [0.1, 0.15) is 5.82 Å². The molecule has 3 aromatic carbocycles. The van der Waals surface area contributed by atoms with E-state index in [-0.39, 0.29) is 5.91 Å². The molecule has 1 aromatic heterocycles. The van der Waals surface area contributed by atoms with Crippen LogP contribution in [0.25, 0.3) is 17.1 Å². The summed E-state index contributed by atoms with van der Waals surface area (Å²) < 4.78 is 13.8. The predicted octanol–water partition coefficient (Wildman–Crippen LogP) is 5.52. The number of hydrogen-bond donors (Lipinski definition) is 1. The lowest BCUT2D eigenvalue weighted by Crippen LogP contribution is -2.26. The number of rotatable bonds is 11. The SMILES string of the molecule is C/C=C/c1ccc(OCCCn2c(CCNC(=O)c3ccccc3)nc3ccccc32)c(OC)c1. The number of allylic oxidation sites excluding steroid dienone is 1. The van der Waals surface area contributed by atoms with Crippen molar-refractivity contribution in [1.82, 2.24) is 14.9 Å². The van der Waals surface area contributed by atoms with Gasteiger partial charge in [-0.05, 0) is 55.3 Å². The molecule has 1 N–H and O–H groups in total.